The summed E-state index contributed by atoms with van der Waals surface area (Å²) in [7, 11) is 1.66. The minimum Gasteiger partial charge on any atom is -0.493 e. The normalized spacial score (nSPS) is 15.1. The Morgan fingerprint density at radius 3 is 2.53 bits per heavy atom. The van der Waals surface area contributed by atoms with Crippen molar-refractivity contribution in [3.05, 3.63) is 71.8 Å². The van der Waals surface area contributed by atoms with E-state index in [0.717, 1.165) is 49.8 Å². The molecule has 0 aliphatic carbocycles. The average Bonchev–Trinajstić information content (AvgIpc) is 2.80. The highest BCUT2D eigenvalue weighted by atomic mass is 16.5. The lowest BCUT2D eigenvalue weighted by molar-refractivity contribution is 0.131. The molecule has 0 unspecified atom stereocenters. The van der Waals surface area contributed by atoms with Crippen molar-refractivity contribution in [3.63, 3.8) is 0 Å². The number of hydrogen-bond donors (Lipinski definition) is 0. The van der Waals surface area contributed by atoms with Gasteiger partial charge in [-0.05, 0) is 47.0 Å². The van der Waals surface area contributed by atoms with Gasteiger partial charge in [0.25, 0.3) is 0 Å². The highest BCUT2D eigenvalue weighted by molar-refractivity contribution is 5.85. The molecule has 3 aromatic carbocycles. The van der Waals surface area contributed by atoms with Gasteiger partial charge in [0, 0.05) is 32.7 Å². The molecule has 5 nitrogen and oxygen atoms in total. The van der Waals surface area contributed by atoms with E-state index in [9.17, 15) is 0 Å². The quantitative estimate of drug-likeness (QED) is 0.548. The molecule has 4 rings (SSSR count). The van der Waals surface area contributed by atoms with E-state index >= 15 is 0 Å². The zero-order valence-corrected chi connectivity index (χ0v) is 17.8. The molecule has 156 valence electrons. The van der Waals surface area contributed by atoms with E-state index in [0.29, 0.717) is 6.61 Å². The van der Waals surface area contributed by atoms with Crippen molar-refractivity contribution in [2.24, 2.45) is 5.10 Å². The van der Waals surface area contributed by atoms with E-state index in [2.05, 4.69) is 57.5 Å². The van der Waals surface area contributed by atoms with E-state index in [1.165, 1.54) is 16.3 Å². The second-order valence-corrected chi connectivity index (χ2v) is 7.46. The maximum absolute atomic E-state index is 5.58. The molecular formula is C25H29N3O2. The molecule has 0 spiro atoms. The Morgan fingerprint density at radius 2 is 1.73 bits per heavy atom. The fourth-order valence-electron chi connectivity index (χ4n) is 3.87. The van der Waals surface area contributed by atoms with Gasteiger partial charge >= 0.3 is 0 Å². The molecule has 0 atom stereocenters. The topological polar surface area (TPSA) is 37.3 Å². The van der Waals surface area contributed by atoms with Crippen molar-refractivity contribution < 1.29 is 9.47 Å². The van der Waals surface area contributed by atoms with Gasteiger partial charge in [0.1, 0.15) is 0 Å². The molecule has 30 heavy (non-hydrogen) atoms. The van der Waals surface area contributed by atoms with Gasteiger partial charge in [0.2, 0.25) is 0 Å². The number of nitrogens with zero attached hydrogens (tertiary/aromatic N) is 3. The number of fused-ring (bicyclic) bond motifs is 1. The predicted octanol–water partition coefficient (Wildman–Crippen LogP) is 4.40. The van der Waals surface area contributed by atoms with Crippen LogP contribution in [0.5, 0.6) is 11.5 Å². The number of hydrogen-bond acceptors (Lipinski definition) is 5. The number of piperazine rings is 1. The lowest BCUT2D eigenvalue weighted by atomic mass is 10.0. The Morgan fingerprint density at radius 1 is 0.933 bits per heavy atom. The number of hydrazone groups is 1. The van der Waals surface area contributed by atoms with Crippen LogP contribution >= 0.6 is 0 Å². The van der Waals surface area contributed by atoms with Crippen molar-refractivity contribution in [2.45, 2.75) is 13.5 Å². The van der Waals surface area contributed by atoms with Gasteiger partial charge in [-0.3, -0.25) is 9.91 Å². The Bertz CT molecular complexity index is 1000. The smallest absolute Gasteiger partial charge is 0.161 e. The summed E-state index contributed by atoms with van der Waals surface area (Å²) in [5.41, 5.74) is 2.40. The van der Waals surface area contributed by atoms with E-state index in [1.807, 2.05) is 31.3 Å². The summed E-state index contributed by atoms with van der Waals surface area (Å²) < 4.78 is 11.0. The first-order chi connectivity index (χ1) is 14.8. The number of methoxy groups -OCH3 is 1. The van der Waals surface area contributed by atoms with Crippen molar-refractivity contribution >= 4 is 17.0 Å². The molecule has 1 heterocycles. The first-order valence-corrected chi connectivity index (χ1v) is 10.6. The summed E-state index contributed by atoms with van der Waals surface area (Å²) >= 11 is 0. The van der Waals surface area contributed by atoms with E-state index in [-0.39, 0.29) is 0 Å². The maximum Gasteiger partial charge on any atom is 0.161 e. The van der Waals surface area contributed by atoms with Crippen LogP contribution in [0.3, 0.4) is 0 Å². The summed E-state index contributed by atoms with van der Waals surface area (Å²) in [5, 5.41) is 9.48. The van der Waals surface area contributed by atoms with Gasteiger partial charge < -0.3 is 9.47 Å². The van der Waals surface area contributed by atoms with Gasteiger partial charge in [-0.15, -0.1) is 0 Å². The van der Waals surface area contributed by atoms with E-state index in [4.69, 9.17) is 9.47 Å². The van der Waals surface area contributed by atoms with Crippen LogP contribution < -0.4 is 9.47 Å². The minimum absolute atomic E-state index is 0.618. The standard InChI is InChI=1S/C25H29N3O2/c1-3-30-24-12-11-20(17-25(24)29-2)18-26-28-15-13-27(14-16-28)19-22-9-6-8-21-7-4-5-10-23(21)22/h4-12,17-18H,3,13-16,19H2,1-2H3. The van der Waals surface area contributed by atoms with Gasteiger partial charge in [0.15, 0.2) is 11.5 Å². The Kier molecular flexibility index (Phi) is 6.50. The van der Waals surface area contributed by atoms with Gasteiger partial charge in [0.05, 0.1) is 19.9 Å². The Labute approximate surface area is 178 Å². The molecule has 5 heteroatoms. The molecule has 1 aliphatic heterocycles. The third-order valence-corrected chi connectivity index (χ3v) is 5.48. The van der Waals surface area contributed by atoms with Crippen molar-refractivity contribution in [1.29, 1.82) is 0 Å². The molecule has 1 aliphatic rings. The summed E-state index contributed by atoms with van der Waals surface area (Å²) in [6.45, 7) is 7.43. The van der Waals surface area contributed by atoms with Crippen LogP contribution in [0.4, 0.5) is 0 Å². The first kappa shape index (κ1) is 20.2. The molecule has 0 radical (unpaired) electrons. The number of benzene rings is 3. The van der Waals surface area contributed by atoms with Gasteiger partial charge in [-0.2, -0.15) is 5.10 Å². The lowest BCUT2D eigenvalue weighted by Crippen LogP contribution is -2.43. The summed E-state index contributed by atoms with van der Waals surface area (Å²) in [6.07, 6.45) is 1.90. The molecule has 0 N–H and O–H groups in total. The highest BCUT2D eigenvalue weighted by Gasteiger charge is 2.16. The molecular weight excluding hydrogens is 374 g/mol. The third kappa shape index (κ3) is 4.74. The second-order valence-electron chi connectivity index (χ2n) is 7.46. The van der Waals surface area contributed by atoms with E-state index in [1.54, 1.807) is 7.11 Å². The van der Waals surface area contributed by atoms with Crippen LogP contribution in [0.2, 0.25) is 0 Å². The van der Waals surface area contributed by atoms with Crippen LogP contribution in [0.25, 0.3) is 10.8 Å². The fraction of sp³-hybridized carbons (Fsp3) is 0.320. The zero-order valence-electron chi connectivity index (χ0n) is 17.8. The highest BCUT2D eigenvalue weighted by Crippen LogP contribution is 2.27. The van der Waals surface area contributed by atoms with E-state index < -0.39 is 0 Å². The molecule has 1 fully saturated rings. The maximum atomic E-state index is 5.58. The molecule has 0 bridgehead atoms. The minimum atomic E-state index is 0.618. The first-order valence-electron chi connectivity index (χ1n) is 10.6. The second kappa shape index (κ2) is 9.63. The van der Waals surface area contributed by atoms with Crippen LogP contribution in [-0.2, 0) is 6.54 Å². The lowest BCUT2D eigenvalue weighted by Gasteiger charge is -2.33. The number of rotatable bonds is 7. The molecule has 0 amide bonds. The van der Waals surface area contributed by atoms with Gasteiger partial charge in [-0.1, -0.05) is 42.5 Å². The summed E-state index contributed by atoms with van der Waals surface area (Å²) in [4.78, 5) is 2.51. The average molecular weight is 404 g/mol. The van der Waals surface area contributed by atoms with Crippen LogP contribution in [0, 0.1) is 0 Å². The fourth-order valence-corrected chi connectivity index (χ4v) is 3.87. The van der Waals surface area contributed by atoms with Crippen molar-refractivity contribution in [1.82, 2.24) is 9.91 Å². The largest absolute Gasteiger partial charge is 0.493 e. The molecule has 1 saturated heterocycles. The van der Waals surface area contributed by atoms with Crippen molar-refractivity contribution in [3.8, 4) is 11.5 Å². The Balaban J connectivity index is 1.34. The van der Waals surface area contributed by atoms with Crippen LogP contribution in [0.15, 0.2) is 65.8 Å². The van der Waals surface area contributed by atoms with Crippen LogP contribution in [-0.4, -0.2) is 56.0 Å². The zero-order chi connectivity index (χ0) is 20.8. The monoisotopic (exact) mass is 403 g/mol. The van der Waals surface area contributed by atoms with Gasteiger partial charge in [-0.25, -0.2) is 0 Å². The molecule has 3 aromatic rings. The predicted molar refractivity (Wildman–Crippen MR) is 123 cm³/mol. The summed E-state index contributed by atoms with van der Waals surface area (Å²) in [5.74, 6) is 1.50. The molecule has 0 aromatic heterocycles. The third-order valence-electron chi connectivity index (χ3n) is 5.48. The van der Waals surface area contributed by atoms with Crippen LogP contribution in [0.1, 0.15) is 18.1 Å². The SMILES string of the molecule is CCOc1ccc(C=NN2CCN(Cc3cccc4ccccc34)CC2)cc1OC. The Hall–Kier alpha value is -3.05. The summed E-state index contributed by atoms with van der Waals surface area (Å²) in [6, 6.07) is 21.1. The van der Waals surface area contributed by atoms with Crippen molar-refractivity contribution in [2.75, 3.05) is 39.9 Å². The number of ether oxygens (including phenoxy) is 2. The molecule has 0 saturated carbocycles.